The zero-order valence-electron chi connectivity index (χ0n) is 21.6. The Hall–Kier alpha value is -0.481. The fraction of sp³-hybridized carbons (Fsp3) is 0.724. The molecule has 0 aromatic heterocycles. The zero-order valence-corrected chi connectivity index (χ0v) is 24.5. The van der Waals surface area contributed by atoms with Crippen molar-refractivity contribution in [2.45, 2.75) is 121 Å². The normalized spacial score (nSPS) is 16.5. The van der Waals surface area contributed by atoms with Gasteiger partial charge in [-0.1, -0.05) is 0 Å². The Morgan fingerprint density at radius 2 is 1.47 bits per heavy atom. The van der Waals surface area contributed by atoms with E-state index in [1.54, 1.807) is 20.4 Å². The first kappa shape index (κ1) is 27.8. The molecule has 0 bridgehead atoms. The predicted molar refractivity (Wildman–Crippen MR) is 145 cm³/mol. The molecule has 1 aliphatic rings. The summed E-state index contributed by atoms with van der Waals surface area (Å²) < 4.78 is 11.6. The van der Waals surface area contributed by atoms with Gasteiger partial charge in [-0.2, -0.15) is 0 Å². The Balaban J connectivity index is 2.17. The van der Waals surface area contributed by atoms with Gasteiger partial charge in [0.25, 0.3) is 0 Å². The monoisotopic (exact) mass is 549 g/mol. The van der Waals surface area contributed by atoms with Crippen molar-refractivity contribution >= 4 is 18.4 Å². The number of hydrogen-bond acceptors (Lipinski definition) is 2. The molecule has 1 saturated carbocycles. The molecule has 1 atom stereocenters. The van der Waals surface area contributed by atoms with Crippen molar-refractivity contribution in [2.75, 3.05) is 7.11 Å². The summed E-state index contributed by atoms with van der Waals surface area (Å²) in [7, 11) is 1.75. The van der Waals surface area contributed by atoms with Crippen molar-refractivity contribution in [1.82, 2.24) is 5.32 Å². The first-order chi connectivity index (χ1) is 15.7. The number of ether oxygens (including phenoxy) is 1. The molecular weight excluding hydrogens is 497 g/mol. The molecule has 1 aromatic carbocycles. The van der Waals surface area contributed by atoms with Gasteiger partial charge in [0.2, 0.25) is 0 Å². The van der Waals surface area contributed by atoms with Gasteiger partial charge in [0, 0.05) is 0 Å². The Bertz CT molecular complexity index is 599. The van der Waals surface area contributed by atoms with E-state index in [2.05, 4.69) is 62.5 Å². The number of benzene rings is 1. The maximum absolute atomic E-state index is 5.41. The first-order valence-corrected chi connectivity index (χ1v) is 21.8. The van der Waals surface area contributed by atoms with Crippen LogP contribution in [0.1, 0.15) is 103 Å². The molecule has 0 radical (unpaired) electrons. The van der Waals surface area contributed by atoms with Crippen LogP contribution < -0.4 is 10.1 Å². The molecule has 1 aliphatic carbocycles. The summed E-state index contributed by atoms with van der Waals surface area (Å²) in [6.07, 6.45) is 20.4. The van der Waals surface area contributed by atoms with Gasteiger partial charge in [-0.3, -0.25) is 0 Å². The molecule has 182 valence electrons. The topological polar surface area (TPSA) is 21.3 Å². The maximum atomic E-state index is 5.41. The van der Waals surface area contributed by atoms with Crippen LogP contribution >= 0.6 is 0 Å². The Morgan fingerprint density at radius 1 is 0.906 bits per heavy atom. The van der Waals surface area contributed by atoms with E-state index in [0.717, 1.165) is 5.75 Å². The third-order valence-electron chi connectivity index (χ3n) is 7.56. The van der Waals surface area contributed by atoms with Gasteiger partial charge in [0.15, 0.2) is 0 Å². The van der Waals surface area contributed by atoms with Crippen LogP contribution in [0.15, 0.2) is 36.4 Å². The van der Waals surface area contributed by atoms with E-state index >= 15 is 0 Å². The minimum absolute atomic E-state index is 0.330. The van der Waals surface area contributed by atoms with Crippen LogP contribution in [0, 0.1) is 0 Å². The van der Waals surface area contributed by atoms with Crippen LogP contribution in [0.5, 0.6) is 5.75 Å². The van der Waals surface area contributed by atoms with Crippen LogP contribution in [0.25, 0.3) is 0 Å². The molecule has 0 spiro atoms. The summed E-state index contributed by atoms with van der Waals surface area (Å²) >= 11 is -2.11. The van der Waals surface area contributed by atoms with E-state index < -0.39 is 18.4 Å². The van der Waals surface area contributed by atoms with Gasteiger partial charge >= 0.3 is 205 Å². The Kier molecular flexibility index (Phi) is 14.1. The third kappa shape index (κ3) is 9.79. The van der Waals surface area contributed by atoms with Gasteiger partial charge in [0.05, 0.1) is 0 Å². The fourth-order valence-corrected chi connectivity index (χ4v) is 20.5. The summed E-state index contributed by atoms with van der Waals surface area (Å²) in [5.74, 6) is 0.947. The SMILES string of the molecule is CCC[CH2][Sn]([CH2]/C=C/C(NC1CCCCC1)c1ccc(OC)cc1)([CH2]CCC)[CH2]CCC. The minimum atomic E-state index is -2.11. The fourth-order valence-electron chi connectivity index (χ4n) is 5.39. The van der Waals surface area contributed by atoms with Gasteiger partial charge in [-0.05, 0) is 0 Å². The first-order valence-electron chi connectivity index (χ1n) is 13.7. The molecule has 0 saturated heterocycles. The second kappa shape index (κ2) is 16.2. The second-order valence-electron chi connectivity index (χ2n) is 10.2. The van der Waals surface area contributed by atoms with Crippen molar-refractivity contribution in [3.63, 3.8) is 0 Å². The molecular formula is C29H51NOSn. The molecule has 1 N–H and O–H groups in total. The molecule has 1 unspecified atom stereocenters. The standard InChI is InChI=1S/C17H24NO.3C4H9.Sn/c1-3-7-17(18-15-8-5-4-6-9-15)14-10-12-16(19-2)13-11-14;3*1-3-4-2;/h3,7,10-13,15,17-18H,1,4-6,8-9H2,2H3;3*1,3-4H2,2H3;/b7-3+;;;;. The molecule has 0 heterocycles. The van der Waals surface area contributed by atoms with Crippen LogP contribution in [-0.4, -0.2) is 31.5 Å². The predicted octanol–water partition coefficient (Wildman–Crippen LogP) is 9.06. The summed E-state index contributed by atoms with van der Waals surface area (Å²) in [4.78, 5) is 0. The molecule has 32 heavy (non-hydrogen) atoms. The number of unbranched alkanes of at least 4 members (excludes halogenated alkanes) is 3. The van der Waals surface area contributed by atoms with Crippen molar-refractivity contribution in [2.24, 2.45) is 0 Å². The molecule has 3 heteroatoms. The summed E-state index contributed by atoms with van der Waals surface area (Å²) in [5.41, 5.74) is 1.38. The summed E-state index contributed by atoms with van der Waals surface area (Å²) in [5, 5.41) is 4.02. The zero-order chi connectivity index (χ0) is 23.1. The molecule has 1 aromatic rings. The average Bonchev–Trinajstić information content (AvgIpc) is 2.84. The number of rotatable bonds is 16. The van der Waals surface area contributed by atoms with Crippen molar-refractivity contribution in [3.8, 4) is 5.75 Å². The Morgan fingerprint density at radius 3 is 1.97 bits per heavy atom. The van der Waals surface area contributed by atoms with Crippen LogP contribution in [0.3, 0.4) is 0 Å². The number of hydrogen-bond donors (Lipinski definition) is 1. The second-order valence-corrected chi connectivity index (χ2v) is 24.2. The van der Waals surface area contributed by atoms with Crippen molar-refractivity contribution < 1.29 is 4.74 Å². The molecule has 0 aliphatic heterocycles. The number of allylic oxidation sites excluding steroid dienone is 1. The van der Waals surface area contributed by atoms with Gasteiger partial charge in [0.1, 0.15) is 0 Å². The Labute approximate surface area is 203 Å². The molecule has 0 amide bonds. The van der Waals surface area contributed by atoms with E-state index in [1.807, 2.05) is 0 Å². The molecule has 1 fully saturated rings. The van der Waals surface area contributed by atoms with Gasteiger partial charge < -0.3 is 0 Å². The van der Waals surface area contributed by atoms with Crippen LogP contribution in [-0.2, 0) is 0 Å². The summed E-state index contributed by atoms with van der Waals surface area (Å²) in [6, 6.07) is 9.74. The van der Waals surface area contributed by atoms with E-state index in [0.29, 0.717) is 12.1 Å². The number of nitrogens with one attached hydrogen (secondary N) is 1. The van der Waals surface area contributed by atoms with E-state index in [1.165, 1.54) is 80.6 Å². The van der Waals surface area contributed by atoms with E-state index in [4.69, 9.17) is 4.74 Å². The van der Waals surface area contributed by atoms with Crippen LogP contribution in [0.2, 0.25) is 17.7 Å². The van der Waals surface area contributed by atoms with Gasteiger partial charge in [-0.25, -0.2) is 0 Å². The van der Waals surface area contributed by atoms with E-state index in [9.17, 15) is 0 Å². The number of methoxy groups -OCH3 is 1. The van der Waals surface area contributed by atoms with Crippen LogP contribution in [0.4, 0.5) is 0 Å². The van der Waals surface area contributed by atoms with Crippen molar-refractivity contribution in [3.05, 3.63) is 42.0 Å². The molecule has 2 rings (SSSR count). The van der Waals surface area contributed by atoms with Crippen molar-refractivity contribution in [1.29, 1.82) is 0 Å². The molecule has 2 nitrogen and oxygen atoms in total. The quantitative estimate of drug-likeness (QED) is 0.164. The van der Waals surface area contributed by atoms with E-state index in [-0.39, 0.29) is 0 Å². The summed E-state index contributed by atoms with van der Waals surface area (Å²) in [6.45, 7) is 7.12. The average molecular weight is 548 g/mol. The van der Waals surface area contributed by atoms with Gasteiger partial charge in [-0.15, -0.1) is 0 Å². The third-order valence-corrected chi connectivity index (χ3v) is 22.8.